The van der Waals surface area contributed by atoms with E-state index in [1.807, 2.05) is 0 Å². The first kappa shape index (κ1) is 15.3. The number of amides is 1. The van der Waals surface area contributed by atoms with E-state index >= 15 is 0 Å². The molecular weight excluding hydrogens is 346 g/mol. The van der Waals surface area contributed by atoms with Gasteiger partial charge in [0.25, 0.3) is 5.91 Å². The largest absolute Gasteiger partial charge is 0.469 e. The molecule has 0 bridgehead atoms. The highest BCUT2D eigenvalue weighted by Crippen LogP contribution is 2.25. The SMILES string of the molecule is COC(=O)C1CCN(C(=O)c2cc(Cl)ccc2Br)CC1. The number of piperidine rings is 1. The van der Waals surface area contributed by atoms with Crippen molar-refractivity contribution in [2.45, 2.75) is 12.8 Å². The van der Waals surface area contributed by atoms with Crippen LogP contribution in [0.4, 0.5) is 0 Å². The number of hydrogen-bond acceptors (Lipinski definition) is 3. The predicted molar refractivity (Wildman–Crippen MR) is 79.8 cm³/mol. The van der Waals surface area contributed by atoms with Crippen LogP contribution >= 0.6 is 27.5 Å². The zero-order valence-electron chi connectivity index (χ0n) is 11.1. The van der Waals surface area contributed by atoms with Gasteiger partial charge >= 0.3 is 5.97 Å². The number of methoxy groups -OCH3 is 1. The van der Waals surface area contributed by atoms with Crippen LogP contribution in [0.15, 0.2) is 22.7 Å². The Labute approximate surface area is 131 Å². The van der Waals surface area contributed by atoms with Crippen LogP contribution in [0, 0.1) is 5.92 Å². The van der Waals surface area contributed by atoms with Gasteiger partial charge in [-0.05, 0) is 47.0 Å². The highest BCUT2D eigenvalue weighted by Gasteiger charge is 2.28. The van der Waals surface area contributed by atoms with Crippen LogP contribution in [-0.4, -0.2) is 37.0 Å². The third-order valence-corrected chi connectivity index (χ3v) is 4.40. The van der Waals surface area contributed by atoms with Crippen LogP contribution in [-0.2, 0) is 9.53 Å². The lowest BCUT2D eigenvalue weighted by Crippen LogP contribution is -2.40. The molecule has 1 saturated heterocycles. The van der Waals surface area contributed by atoms with E-state index < -0.39 is 0 Å². The summed E-state index contributed by atoms with van der Waals surface area (Å²) >= 11 is 9.29. The summed E-state index contributed by atoms with van der Waals surface area (Å²) in [6, 6.07) is 5.14. The topological polar surface area (TPSA) is 46.6 Å². The fourth-order valence-electron chi connectivity index (χ4n) is 2.32. The Morgan fingerprint density at radius 1 is 1.35 bits per heavy atom. The summed E-state index contributed by atoms with van der Waals surface area (Å²) in [6.07, 6.45) is 1.27. The molecule has 0 unspecified atom stereocenters. The number of rotatable bonds is 2. The van der Waals surface area contributed by atoms with Crippen LogP contribution < -0.4 is 0 Å². The monoisotopic (exact) mass is 359 g/mol. The van der Waals surface area contributed by atoms with E-state index in [2.05, 4.69) is 15.9 Å². The maximum absolute atomic E-state index is 12.4. The smallest absolute Gasteiger partial charge is 0.308 e. The van der Waals surface area contributed by atoms with E-state index in [4.69, 9.17) is 16.3 Å². The van der Waals surface area contributed by atoms with Gasteiger partial charge in [0.1, 0.15) is 0 Å². The maximum Gasteiger partial charge on any atom is 0.308 e. The first-order valence-corrected chi connectivity index (χ1v) is 7.52. The molecule has 0 saturated carbocycles. The zero-order chi connectivity index (χ0) is 14.7. The van der Waals surface area contributed by atoms with Gasteiger partial charge in [-0.3, -0.25) is 9.59 Å². The normalized spacial score (nSPS) is 16.1. The maximum atomic E-state index is 12.4. The lowest BCUT2D eigenvalue weighted by atomic mass is 9.96. The molecule has 1 aromatic rings. The molecule has 1 aliphatic heterocycles. The lowest BCUT2D eigenvalue weighted by Gasteiger charge is -2.31. The van der Waals surface area contributed by atoms with Crippen LogP contribution in [0.5, 0.6) is 0 Å². The second-order valence-corrected chi connectivity index (χ2v) is 6.00. The molecule has 1 aliphatic rings. The van der Waals surface area contributed by atoms with Crippen molar-refractivity contribution < 1.29 is 14.3 Å². The van der Waals surface area contributed by atoms with E-state index in [1.165, 1.54) is 7.11 Å². The minimum atomic E-state index is -0.193. The van der Waals surface area contributed by atoms with Crippen molar-refractivity contribution in [3.8, 4) is 0 Å². The number of carbonyl (C=O) groups excluding carboxylic acids is 2. The molecule has 1 heterocycles. The summed E-state index contributed by atoms with van der Waals surface area (Å²) in [6.45, 7) is 1.11. The molecule has 0 radical (unpaired) electrons. The first-order valence-electron chi connectivity index (χ1n) is 6.35. The van der Waals surface area contributed by atoms with Gasteiger partial charge in [-0.15, -0.1) is 0 Å². The lowest BCUT2D eigenvalue weighted by molar-refractivity contribution is -0.146. The van der Waals surface area contributed by atoms with Crippen LogP contribution in [0.2, 0.25) is 5.02 Å². The molecule has 1 aromatic carbocycles. The van der Waals surface area contributed by atoms with Gasteiger partial charge in [0, 0.05) is 22.6 Å². The molecule has 1 amide bonds. The van der Waals surface area contributed by atoms with Crippen LogP contribution in [0.25, 0.3) is 0 Å². The summed E-state index contributed by atoms with van der Waals surface area (Å²) in [5.74, 6) is -0.365. The molecule has 4 nitrogen and oxygen atoms in total. The number of nitrogens with zero attached hydrogens (tertiary/aromatic N) is 1. The van der Waals surface area contributed by atoms with E-state index in [9.17, 15) is 9.59 Å². The number of ether oxygens (including phenoxy) is 1. The first-order chi connectivity index (χ1) is 9.52. The fraction of sp³-hybridized carbons (Fsp3) is 0.429. The molecule has 0 aromatic heterocycles. The Morgan fingerprint density at radius 3 is 2.60 bits per heavy atom. The highest BCUT2D eigenvalue weighted by molar-refractivity contribution is 9.10. The van der Waals surface area contributed by atoms with Crippen molar-refractivity contribution in [2.75, 3.05) is 20.2 Å². The molecule has 0 N–H and O–H groups in total. The van der Waals surface area contributed by atoms with Crippen molar-refractivity contribution in [2.24, 2.45) is 5.92 Å². The van der Waals surface area contributed by atoms with E-state index in [0.29, 0.717) is 36.5 Å². The van der Waals surface area contributed by atoms with Gasteiger partial charge in [-0.25, -0.2) is 0 Å². The van der Waals surface area contributed by atoms with Crippen molar-refractivity contribution >= 4 is 39.4 Å². The van der Waals surface area contributed by atoms with Gasteiger partial charge in [0.15, 0.2) is 0 Å². The minimum Gasteiger partial charge on any atom is -0.469 e. The molecule has 1 fully saturated rings. The third-order valence-electron chi connectivity index (χ3n) is 3.48. The van der Waals surface area contributed by atoms with E-state index in [1.54, 1.807) is 23.1 Å². The summed E-state index contributed by atoms with van der Waals surface area (Å²) in [5.41, 5.74) is 0.550. The van der Waals surface area contributed by atoms with Crippen molar-refractivity contribution in [3.63, 3.8) is 0 Å². The van der Waals surface area contributed by atoms with Crippen molar-refractivity contribution in [1.82, 2.24) is 4.90 Å². The quantitative estimate of drug-likeness (QED) is 0.761. The summed E-state index contributed by atoms with van der Waals surface area (Å²) in [5, 5.41) is 0.529. The number of carbonyl (C=O) groups is 2. The van der Waals surface area contributed by atoms with Crippen molar-refractivity contribution in [1.29, 1.82) is 0 Å². The molecule has 2 rings (SSSR count). The summed E-state index contributed by atoms with van der Waals surface area (Å²) in [7, 11) is 1.39. The Morgan fingerprint density at radius 2 is 2.00 bits per heavy atom. The second kappa shape index (κ2) is 6.59. The number of esters is 1. The molecule has 6 heteroatoms. The van der Waals surface area contributed by atoms with Crippen LogP contribution in [0.1, 0.15) is 23.2 Å². The molecule has 20 heavy (non-hydrogen) atoms. The Balaban J connectivity index is 2.05. The van der Waals surface area contributed by atoms with Gasteiger partial charge in [0.2, 0.25) is 0 Å². The molecule has 108 valence electrons. The number of benzene rings is 1. The molecular formula is C14H15BrClNO3. The van der Waals surface area contributed by atoms with E-state index in [-0.39, 0.29) is 17.8 Å². The average molecular weight is 361 g/mol. The van der Waals surface area contributed by atoms with Gasteiger partial charge in [-0.1, -0.05) is 11.6 Å². The predicted octanol–water partition coefficient (Wildman–Crippen LogP) is 3.13. The summed E-state index contributed by atoms with van der Waals surface area (Å²) in [4.78, 5) is 25.6. The molecule has 0 spiro atoms. The van der Waals surface area contributed by atoms with Crippen LogP contribution in [0.3, 0.4) is 0 Å². The van der Waals surface area contributed by atoms with Crippen molar-refractivity contribution in [3.05, 3.63) is 33.3 Å². The van der Waals surface area contributed by atoms with Gasteiger partial charge < -0.3 is 9.64 Å². The Hall–Kier alpha value is -1.07. The highest BCUT2D eigenvalue weighted by atomic mass is 79.9. The Bertz CT molecular complexity index is 527. The number of likely N-dealkylation sites (tertiary alicyclic amines) is 1. The number of halogens is 2. The number of hydrogen-bond donors (Lipinski definition) is 0. The minimum absolute atomic E-state index is 0.0670. The standard InChI is InChI=1S/C14H15BrClNO3/c1-20-14(19)9-4-6-17(7-5-9)13(18)11-8-10(16)2-3-12(11)15/h2-3,8-9H,4-7H2,1H3. The van der Waals surface area contributed by atoms with Gasteiger partial charge in [0.05, 0.1) is 18.6 Å². The fourth-order valence-corrected chi connectivity index (χ4v) is 2.91. The summed E-state index contributed by atoms with van der Waals surface area (Å²) < 4.78 is 5.46. The molecule has 0 atom stereocenters. The Kier molecular flexibility index (Phi) is 5.05. The average Bonchev–Trinajstić information content (AvgIpc) is 2.48. The van der Waals surface area contributed by atoms with E-state index in [0.717, 1.165) is 4.47 Å². The van der Waals surface area contributed by atoms with Gasteiger partial charge in [-0.2, -0.15) is 0 Å². The molecule has 0 aliphatic carbocycles. The third kappa shape index (κ3) is 3.33. The second-order valence-electron chi connectivity index (χ2n) is 4.71. The zero-order valence-corrected chi connectivity index (χ0v) is 13.4.